The molecule has 0 amide bonds. The van der Waals surface area contributed by atoms with E-state index in [0.29, 0.717) is 5.69 Å². The number of aliphatic carboxylic acids is 1. The third-order valence-electron chi connectivity index (χ3n) is 2.75. The maximum atomic E-state index is 10.9. The molecule has 94 valence electrons. The second-order valence-electron chi connectivity index (χ2n) is 4.05. The highest BCUT2D eigenvalue weighted by molar-refractivity contribution is 9.10. The molecule has 0 bridgehead atoms. The van der Waals surface area contributed by atoms with Crippen molar-refractivity contribution >= 4 is 21.9 Å². The highest BCUT2D eigenvalue weighted by atomic mass is 79.9. The predicted molar refractivity (Wildman–Crippen MR) is 72.1 cm³/mol. The van der Waals surface area contributed by atoms with Gasteiger partial charge in [0.15, 0.2) is 0 Å². The van der Waals surface area contributed by atoms with Crippen LogP contribution in [0.1, 0.15) is 17.2 Å². The van der Waals surface area contributed by atoms with E-state index in [9.17, 15) is 4.79 Å². The zero-order valence-corrected chi connectivity index (χ0v) is 11.7. The maximum absolute atomic E-state index is 10.9. The van der Waals surface area contributed by atoms with Crippen LogP contribution in [0.15, 0.2) is 28.7 Å². The number of carbonyl (C=O) groups is 1. The summed E-state index contributed by atoms with van der Waals surface area (Å²) in [4.78, 5) is 15.3. The summed E-state index contributed by atoms with van der Waals surface area (Å²) >= 11 is 3.48. The molecule has 1 aromatic carbocycles. The summed E-state index contributed by atoms with van der Waals surface area (Å²) in [6.07, 6.45) is -0.0337. The number of aryl methyl sites for hydroxylation is 2. The van der Waals surface area contributed by atoms with Gasteiger partial charge in [-0.3, -0.25) is 9.36 Å². The third kappa shape index (κ3) is 2.31. The Morgan fingerprint density at radius 2 is 2.06 bits per heavy atom. The van der Waals surface area contributed by atoms with Crippen LogP contribution >= 0.6 is 15.9 Å². The van der Waals surface area contributed by atoms with Crippen LogP contribution < -0.4 is 0 Å². The molecule has 0 radical (unpaired) electrons. The minimum absolute atomic E-state index is 0.0337. The van der Waals surface area contributed by atoms with Crippen LogP contribution in [-0.2, 0) is 11.2 Å². The number of imidazole rings is 1. The molecule has 0 fully saturated rings. The summed E-state index contributed by atoms with van der Waals surface area (Å²) < 4.78 is 2.80. The summed E-state index contributed by atoms with van der Waals surface area (Å²) in [5.41, 5.74) is 2.38. The standard InChI is InChI=1S/C13H13BrN2O2/c1-8-12(7-13(17)18)16(9(2)15-8)11-6-4-3-5-10(11)14/h3-6H,7H2,1-2H3,(H,17,18). The van der Waals surface area contributed by atoms with Crippen LogP contribution in [0.2, 0.25) is 0 Å². The quantitative estimate of drug-likeness (QED) is 0.948. The molecule has 0 saturated carbocycles. The average molecular weight is 309 g/mol. The van der Waals surface area contributed by atoms with Gasteiger partial charge in [-0.05, 0) is 41.9 Å². The summed E-state index contributed by atoms with van der Waals surface area (Å²) in [6.45, 7) is 3.70. The van der Waals surface area contributed by atoms with Gasteiger partial charge < -0.3 is 5.11 Å². The van der Waals surface area contributed by atoms with Crippen LogP contribution in [0.25, 0.3) is 5.69 Å². The van der Waals surface area contributed by atoms with E-state index in [1.165, 1.54) is 0 Å². The van der Waals surface area contributed by atoms with Gasteiger partial charge in [-0.15, -0.1) is 0 Å². The van der Waals surface area contributed by atoms with Crippen LogP contribution in [0.4, 0.5) is 0 Å². The number of halogens is 1. The van der Waals surface area contributed by atoms with Gasteiger partial charge in [0.2, 0.25) is 0 Å². The van der Waals surface area contributed by atoms with Crippen molar-refractivity contribution in [1.29, 1.82) is 0 Å². The third-order valence-corrected chi connectivity index (χ3v) is 3.42. The molecule has 5 heteroatoms. The molecule has 0 aliphatic heterocycles. The molecule has 1 aromatic heterocycles. The number of nitrogens with zero attached hydrogens (tertiary/aromatic N) is 2. The molecule has 1 heterocycles. The first-order chi connectivity index (χ1) is 8.50. The maximum Gasteiger partial charge on any atom is 0.309 e. The molecule has 0 unspecified atom stereocenters. The van der Waals surface area contributed by atoms with Crippen LogP contribution in [0.3, 0.4) is 0 Å². The van der Waals surface area contributed by atoms with Crippen LogP contribution in [0.5, 0.6) is 0 Å². The molecule has 0 aliphatic carbocycles. The summed E-state index contributed by atoms with van der Waals surface area (Å²) in [5.74, 6) is -0.0676. The second-order valence-corrected chi connectivity index (χ2v) is 4.90. The van der Waals surface area contributed by atoms with Crippen molar-refractivity contribution in [2.45, 2.75) is 20.3 Å². The largest absolute Gasteiger partial charge is 0.481 e. The molecule has 2 aromatic rings. The molecular formula is C13H13BrN2O2. The predicted octanol–water partition coefficient (Wildman–Crippen LogP) is 2.88. The summed E-state index contributed by atoms with van der Waals surface area (Å²) in [6, 6.07) is 7.70. The molecule has 0 atom stereocenters. The Hall–Kier alpha value is -1.62. The summed E-state index contributed by atoms with van der Waals surface area (Å²) in [7, 11) is 0. The number of para-hydroxylation sites is 1. The molecule has 0 saturated heterocycles. The fourth-order valence-electron chi connectivity index (χ4n) is 2.02. The Balaban J connectivity index is 2.63. The van der Waals surface area contributed by atoms with E-state index in [1.807, 2.05) is 42.7 Å². The molecular weight excluding hydrogens is 296 g/mol. The smallest absolute Gasteiger partial charge is 0.309 e. The average Bonchev–Trinajstić information content (AvgIpc) is 2.55. The second kappa shape index (κ2) is 4.94. The van der Waals surface area contributed by atoms with E-state index < -0.39 is 5.97 Å². The highest BCUT2D eigenvalue weighted by Gasteiger charge is 2.17. The van der Waals surface area contributed by atoms with Gasteiger partial charge in [-0.2, -0.15) is 0 Å². The number of benzene rings is 1. The minimum Gasteiger partial charge on any atom is -0.481 e. The number of carboxylic acid groups (broad SMARTS) is 1. The van der Waals surface area contributed by atoms with Crippen LogP contribution in [0, 0.1) is 13.8 Å². The van der Waals surface area contributed by atoms with E-state index in [0.717, 1.165) is 21.7 Å². The fourth-order valence-corrected chi connectivity index (χ4v) is 2.48. The molecule has 0 spiro atoms. The van der Waals surface area contributed by atoms with Crippen molar-refractivity contribution in [2.24, 2.45) is 0 Å². The van der Waals surface area contributed by atoms with E-state index >= 15 is 0 Å². The number of aromatic nitrogens is 2. The lowest BCUT2D eigenvalue weighted by atomic mass is 10.2. The molecule has 0 aliphatic rings. The lowest BCUT2D eigenvalue weighted by Crippen LogP contribution is -2.09. The lowest BCUT2D eigenvalue weighted by Gasteiger charge is -2.11. The summed E-state index contributed by atoms with van der Waals surface area (Å²) in [5, 5.41) is 8.99. The SMILES string of the molecule is Cc1nc(C)n(-c2ccccc2Br)c1CC(=O)O. The number of hydrogen-bond donors (Lipinski definition) is 1. The van der Waals surface area contributed by atoms with E-state index in [2.05, 4.69) is 20.9 Å². The van der Waals surface area contributed by atoms with E-state index in [4.69, 9.17) is 5.11 Å². The lowest BCUT2D eigenvalue weighted by molar-refractivity contribution is -0.136. The van der Waals surface area contributed by atoms with Gasteiger partial charge >= 0.3 is 5.97 Å². The van der Waals surface area contributed by atoms with Gasteiger partial charge in [-0.1, -0.05) is 12.1 Å². The van der Waals surface area contributed by atoms with Crippen molar-refractivity contribution < 1.29 is 9.90 Å². The first-order valence-electron chi connectivity index (χ1n) is 5.52. The monoisotopic (exact) mass is 308 g/mol. The fraction of sp³-hybridized carbons (Fsp3) is 0.231. The topological polar surface area (TPSA) is 55.1 Å². The van der Waals surface area contributed by atoms with Gasteiger partial charge in [0, 0.05) is 4.47 Å². The van der Waals surface area contributed by atoms with Crippen molar-refractivity contribution in [2.75, 3.05) is 0 Å². The number of rotatable bonds is 3. The first-order valence-corrected chi connectivity index (χ1v) is 6.31. The van der Waals surface area contributed by atoms with Gasteiger partial charge in [0.05, 0.1) is 23.5 Å². The Bertz CT molecular complexity index is 605. The highest BCUT2D eigenvalue weighted by Crippen LogP contribution is 2.25. The Labute approximate surface area is 113 Å². The van der Waals surface area contributed by atoms with Crippen molar-refractivity contribution in [1.82, 2.24) is 9.55 Å². The van der Waals surface area contributed by atoms with Crippen molar-refractivity contribution in [3.05, 3.63) is 46.0 Å². The van der Waals surface area contributed by atoms with Gasteiger partial charge in [0.25, 0.3) is 0 Å². The zero-order chi connectivity index (χ0) is 13.3. The molecule has 18 heavy (non-hydrogen) atoms. The minimum atomic E-state index is -0.855. The van der Waals surface area contributed by atoms with E-state index in [1.54, 1.807) is 0 Å². The van der Waals surface area contributed by atoms with E-state index in [-0.39, 0.29) is 6.42 Å². The van der Waals surface area contributed by atoms with Gasteiger partial charge in [-0.25, -0.2) is 4.98 Å². The Morgan fingerprint density at radius 3 is 2.67 bits per heavy atom. The number of hydrogen-bond acceptors (Lipinski definition) is 2. The molecule has 1 N–H and O–H groups in total. The zero-order valence-electron chi connectivity index (χ0n) is 10.1. The Kier molecular flexibility index (Phi) is 3.52. The normalized spacial score (nSPS) is 10.6. The molecule has 4 nitrogen and oxygen atoms in total. The van der Waals surface area contributed by atoms with Crippen molar-refractivity contribution in [3.8, 4) is 5.69 Å². The van der Waals surface area contributed by atoms with Crippen molar-refractivity contribution in [3.63, 3.8) is 0 Å². The first kappa shape index (κ1) is 12.8. The van der Waals surface area contributed by atoms with Gasteiger partial charge in [0.1, 0.15) is 5.82 Å². The Morgan fingerprint density at radius 1 is 1.39 bits per heavy atom. The number of carboxylic acids is 1. The molecule has 2 rings (SSSR count). The van der Waals surface area contributed by atoms with Crippen LogP contribution in [-0.4, -0.2) is 20.6 Å².